The third-order valence-electron chi connectivity index (χ3n) is 6.50. The van der Waals surface area contributed by atoms with Crippen molar-refractivity contribution < 1.29 is 9.59 Å². The van der Waals surface area contributed by atoms with Crippen molar-refractivity contribution >= 4 is 35.0 Å². The second kappa shape index (κ2) is 11.9. The fraction of sp³-hybridized carbons (Fsp3) is 0.481. The van der Waals surface area contributed by atoms with Crippen molar-refractivity contribution in [3.63, 3.8) is 0 Å². The molecule has 2 aromatic rings. The molecule has 0 spiro atoms. The zero-order valence-corrected chi connectivity index (χ0v) is 21.3. The van der Waals surface area contributed by atoms with Crippen LogP contribution in [-0.2, 0) is 22.6 Å². The average molecular weight is 489 g/mol. The highest BCUT2D eigenvalue weighted by Crippen LogP contribution is 2.24. The molecule has 0 heterocycles. The molecular formula is C27H34Cl2N2O2. The van der Waals surface area contributed by atoms with Crippen molar-refractivity contribution in [1.29, 1.82) is 0 Å². The number of benzene rings is 2. The van der Waals surface area contributed by atoms with Gasteiger partial charge in [-0.05, 0) is 60.9 Å². The lowest BCUT2D eigenvalue weighted by Gasteiger charge is -2.30. The van der Waals surface area contributed by atoms with Crippen molar-refractivity contribution in [2.24, 2.45) is 0 Å². The van der Waals surface area contributed by atoms with Gasteiger partial charge in [0.2, 0.25) is 11.8 Å². The van der Waals surface area contributed by atoms with E-state index in [-0.39, 0.29) is 24.4 Å². The third kappa shape index (κ3) is 7.22. The predicted molar refractivity (Wildman–Crippen MR) is 136 cm³/mol. The van der Waals surface area contributed by atoms with E-state index in [9.17, 15) is 9.59 Å². The molecule has 6 heteroatoms. The molecular weight excluding hydrogens is 455 g/mol. The number of hydrogen-bond donors (Lipinski definition) is 1. The Labute approximate surface area is 207 Å². The number of halogens is 2. The third-order valence-corrected chi connectivity index (χ3v) is 7.09. The smallest absolute Gasteiger partial charge is 0.242 e. The molecule has 178 valence electrons. The quantitative estimate of drug-likeness (QED) is 0.436. The predicted octanol–water partition coefficient (Wildman–Crippen LogP) is 6.53. The highest BCUT2D eigenvalue weighted by molar-refractivity contribution is 6.35. The molecule has 1 N–H and O–H groups in total. The zero-order valence-electron chi connectivity index (χ0n) is 19.7. The number of carbonyl (C=O) groups is 2. The van der Waals surface area contributed by atoms with Crippen LogP contribution in [0.25, 0.3) is 0 Å². The van der Waals surface area contributed by atoms with Crippen LogP contribution >= 0.6 is 23.2 Å². The van der Waals surface area contributed by atoms with Gasteiger partial charge in [0.05, 0.1) is 0 Å². The summed E-state index contributed by atoms with van der Waals surface area (Å²) in [5.41, 5.74) is 3.16. The highest BCUT2D eigenvalue weighted by atomic mass is 35.5. The van der Waals surface area contributed by atoms with Crippen LogP contribution in [-0.4, -0.2) is 28.8 Å². The first-order valence-corrected chi connectivity index (χ1v) is 12.6. The average Bonchev–Trinajstić information content (AvgIpc) is 3.30. The number of rotatable bonds is 9. The molecule has 33 heavy (non-hydrogen) atoms. The Kier molecular flexibility index (Phi) is 9.22. The summed E-state index contributed by atoms with van der Waals surface area (Å²) in [6, 6.07) is 13.3. The van der Waals surface area contributed by atoms with E-state index in [2.05, 4.69) is 43.4 Å². The van der Waals surface area contributed by atoms with Crippen LogP contribution in [0.3, 0.4) is 0 Å². The molecule has 1 fully saturated rings. The zero-order chi connectivity index (χ0) is 24.0. The van der Waals surface area contributed by atoms with Gasteiger partial charge in [0.1, 0.15) is 6.04 Å². The molecule has 0 aliphatic heterocycles. The van der Waals surface area contributed by atoms with Crippen molar-refractivity contribution in [2.75, 3.05) is 0 Å². The highest BCUT2D eigenvalue weighted by Gasteiger charge is 2.28. The summed E-state index contributed by atoms with van der Waals surface area (Å²) in [6.07, 6.45) is 5.23. The van der Waals surface area contributed by atoms with E-state index in [0.29, 0.717) is 28.8 Å². The second-order valence-electron chi connectivity index (χ2n) is 9.32. The van der Waals surface area contributed by atoms with Crippen LogP contribution in [0.15, 0.2) is 42.5 Å². The summed E-state index contributed by atoms with van der Waals surface area (Å²) >= 11 is 12.4. The van der Waals surface area contributed by atoms with Crippen LogP contribution in [0.5, 0.6) is 0 Å². The van der Waals surface area contributed by atoms with Gasteiger partial charge in [0.25, 0.3) is 0 Å². The number of aryl methyl sites for hydroxylation is 1. The first-order chi connectivity index (χ1) is 15.7. The Hall–Kier alpha value is -2.04. The van der Waals surface area contributed by atoms with E-state index < -0.39 is 6.04 Å². The van der Waals surface area contributed by atoms with E-state index in [1.54, 1.807) is 24.0 Å². The minimum atomic E-state index is -0.590. The second-order valence-corrected chi connectivity index (χ2v) is 10.2. The first-order valence-electron chi connectivity index (χ1n) is 11.9. The van der Waals surface area contributed by atoms with E-state index in [4.69, 9.17) is 23.2 Å². The van der Waals surface area contributed by atoms with Crippen molar-refractivity contribution in [3.8, 4) is 0 Å². The standard InChI is InChI=1S/C27H34Cl2N2O2/c1-18(2)21-11-8-20(9-12-21)10-15-26(32)31(17-22-13-14-23(28)16-25(22)29)19(3)27(33)30-24-6-4-5-7-24/h8-9,11-14,16,18-19,24H,4-7,10,15,17H2,1-3H3,(H,30,33)/t19-/m1/s1. The van der Waals surface area contributed by atoms with Crippen LogP contribution in [0.2, 0.25) is 10.0 Å². The molecule has 1 saturated carbocycles. The van der Waals surface area contributed by atoms with Crippen LogP contribution in [0, 0.1) is 0 Å². The van der Waals surface area contributed by atoms with Gasteiger partial charge in [0, 0.05) is 29.1 Å². The van der Waals surface area contributed by atoms with Gasteiger partial charge in [0.15, 0.2) is 0 Å². The normalized spacial score (nSPS) is 15.0. The lowest BCUT2D eigenvalue weighted by atomic mass is 10.00. The maximum Gasteiger partial charge on any atom is 0.242 e. The van der Waals surface area contributed by atoms with Gasteiger partial charge in [-0.15, -0.1) is 0 Å². The fourth-order valence-corrected chi connectivity index (χ4v) is 4.74. The molecule has 0 unspecified atom stereocenters. The number of amides is 2. The van der Waals surface area contributed by atoms with Gasteiger partial charge in [-0.1, -0.05) is 80.2 Å². The van der Waals surface area contributed by atoms with Crippen LogP contribution in [0.1, 0.15) is 75.5 Å². The Balaban J connectivity index is 1.72. The van der Waals surface area contributed by atoms with Gasteiger partial charge < -0.3 is 10.2 Å². The number of nitrogens with zero attached hydrogens (tertiary/aromatic N) is 1. The SMILES string of the molecule is CC(C)c1ccc(CCC(=O)N(Cc2ccc(Cl)cc2Cl)[C@H](C)C(=O)NC2CCCC2)cc1. The molecule has 4 nitrogen and oxygen atoms in total. The van der Waals surface area contributed by atoms with E-state index in [0.717, 1.165) is 36.8 Å². The van der Waals surface area contributed by atoms with E-state index in [1.807, 2.05) is 6.07 Å². The minimum absolute atomic E-state index is 0.0666. The minimum Gasteiger partial charge on any atom is -0.352 e. The van der Waals surface area contributed by atoms with Crippen molar-refractivity contribution in [2.45, 2.75) is 83.8 Å². The van der Waals surface area contributed by atoms with Crippen LogP contribution < -0.4 is 5.32 Å². The first kappa shape index (κ1) is 25.6. The maximum atomic E-state index is 13.3. The lowest BCUT2D eigenvalue weighted by Crippen LogP contribution is -2.49. The Bertz CT molecular complexity index is 953. The summed E-state index contributed by atoms with van der Waals surface area (Å²) in [5, 5.41) is 4.16. The van der Waals surface area contributed by atoms with E-state index >= 15 is 0 Å². The van der Waals surface area contributed by atoms with Gasteiger partial charge in [-0.2, -0.15) is 0 Å². The topological polar surface area (TPSA) is 49.4 Å². The summed E-state index contributed by atoms with van der Waals surface area (Å²) in [6.45, 7) is 6.39. The molecule has 2 aromatic carbocycles. The van der Waals surface area contributed by atoms with Crippen molar-refractivity contribution in [1.82, 2.24) is 10.2 Å². The summed E-state index contributed by atoms with van der Waals surface area (Å²) in [4.78, 5) is 28.0. The maximum absolute atomic E-state index is 13.3. The Morgan fingerprint density at radius 1 is 1.03 bits per heavy atom. The fourth-order valence-electron chi connectivity index (χ4n) is 4.27. The Morgan fingerprint density at radius 3 is 2.30 bits per heavy atom. The monoisotopic (exact) mass is 488 g/mol. The summed E-state index contributed by atoms with van der Waals surface area (Å²) in [7, 11) is 0. The summed E-state index contributed by atoms with van der Waals surface area (Å²) in [5.74, 6) is 0.296. The summed E-state index contributed by atoms with van der Waals surface area (Å²) < 4.78 is 0. The molecule has 3 rings (SSSR count). The molecule has 1 aliphatic rings. The largest absolute Gasteiger partial charge is 0.352 e. The number of carbonyl (C=O) groups excluding carboxylic acids is 2. The van der Waals surface area contributed by atoms with Gasteiger partial charge in [-0.25, -0.2) is 0 Å². The number of nitrogens with one attached hydrogen (secondary N) is 1. The molecule has 2 amide bonds. The number of hydrogen-bond acceptors (Lipinski definition) is 2. The molecule has 1 aliphatic carbocycles. The molecule has 0 radical (unpaired) electrons. The van der Waals surface area contributed by atoms with Gasteiger partial charge >= 0.3 is 0 Å². The molecule has 0 aromatic heterocycles. The van der Waals surface area contributed by atoms with Crippen molar-refractivity contribution in [3.05, 3.63) is 69.2 Å². The van der Waals surface area contributed by atoms with Crippen LogP contribution in [0.4, 0.5) is 0 Å². The van der Waals surface area contributed by atoms with E-state index in [1.165, 1.54) is 5.56 Å². The lowest BCUT2D eigenvalue weighted by molar-refractivity contribution is -0.140. The molecule has 1 atom stereocenters. The molecule has 0 saturated heterocycles. The van der Waals surface area contributed by atoms with Gasteiger partial charge in [-0.3, -0.25) is 9.59 Å². The molecule has 0 bridgehead atoms. The Morgan fingerprint density at radius 2 is 1.70 bits per heavy atom.